The Hall–Kier alpha value is -1.60. The molecule has 0 amide bonds. The molecule has 0 spiro atoms. The molecule has 0 aliphatic rings. The zero-order chi connectivity index (χ0) is 17.5. The van der Waals surface area contributed by atoms with E-state index in [-0.39, 0.29) is 16.5 Å². The number of rotatable bonds is 10. The summed E-state index contributed by atoms with van der Waals surface area (Å²) in [6.45, 7) is 6.32. The van der Waals surface area contributed by atoms with Crippen molar-refractivity contribution in [1.82, 2.24) is 4.72 Å². The zero-order valence-electron chi connectivity index (χ0n) is 13.9. The zero-order valence-corrected chi connectivity index (χ0v) is 14.7. The van der Waals surface area contributed by atoms with E-state index in [2.05, 4.69) is 17.0 Å². The van der Waals surface area contributed by atoms with Gasteiger partial charge in [0.25, 0.3) is 0 Å². The normalized spacial score (nSPS) is 12.8. The van der Waals surface area contributed by atoms with Crippen LogP contribution in [-0.2, 0) is 10.0 Å². The molecular weight excluding hydrogens is 316 g/mol. The van der Waals surface area contributed by atoms with E-state index in [0.717, 1.165) is 25.7 Å². The maximum atomic E-state index is 12.5. The highest BCUT2D eigenvalue weighted by molar-refractivity contribution is 7.89. The summed E-state index contributed by atoms with van der Waals surface area (Å²) in [5.74, 6) is -1.15. The van der Waals surface area contributed by atoms with Gasteiger partial charge in [-0.25, -0.2) is 17.9 Å². The summed E-state index contributed by atoms with van der Waals surface area (Å²) in [5.41, 5.74) is 0.384. The Kier molecular flexibility index (Phi) is 7.51. The standard InChI is InChI=1S/C16H26N2O4S/c1-4-6-10-17-23(21,22)15-11-13(16(19)20)8-9-14(15)18-12(3)7-5-2/h8-9,11-12,17-18H,4-7,10H2,1-3H3,(H,19,20). The Bertz CT molecular complexity index is 629. The van der Waals surface area contributed by atoms with Gasteiger partial charge in [-0.1, -0.05) is 26.7 Å². The maximum absolute atomic E-state index is 12.5. The number of unbranched alkanes of at least 4 members (excludes halogenated alkanes) is 1. The lowest BCUT2D eigenvalue weighted by molar-refractivity contribution is 0.0696. The van der Waals surface area contributed by atoms with E-state index < -0.39 is 16.0 Å². The van der Waals surface area contributed by atoms with Crippen LogP contribution in [0.3, 0.4) is 0 Å². The number of benzene rings is 1. The van der Waals surface area contributed by atoms with Crippen molar-refractivity contribution in [3.8, 4) is 0 Å². The molecule has 6 nitrogen and oxygen atoms in total. The van der Waals surface area contributed by atoms with Gasteiger partial charge in [0.2, 0.25) is 10.0 Å². The lowest BCUT2D eigenvalue weighted by Gasteiger charge is -2.18. The van der Waals surface area contributed by atoms with Crippen molar-refractivity contribution in [2.75, 3.05) is 11.9 Å². The summed E-state index contributed by atoms with van der Waals surface area (Å²) in [5, 5.41) is 12.3. The first-order valence-electron chi connectivity index (χ1n) is 7.95. The van der Waals surface area contributed by atoms with Gasteiger partial charge in [-0.05, 0) is 38.0 Å². The average Bonchev–Trinajstić information content (AvgIpc) is 2.47. The molecule has 1 atom stereocenters. The Labute approximate surface area is 138 Å². The summed E-state index contributed by atoms with van der Waals surface area (Å²) in [7, 11) is -3.76. The predicted octanol–water partition coefficient (Wildman–Crippen LogP) is 3.06. The van der Waals surface area contributed by atoms with Crippen molar-refractivity contribution in [3.05, 3.63) is 23.8 Å². The summed E-state index contributed by atoms with van der Waals surface area (Å²) in [4.78, 5) is 11.1. The van der Waals surface area contributed by atoms with Gasteiger partial charge in [0.15, 0.2) is 0 Å². The largest absolute Gasteiger partial charge is 0.478 e. The van der Waals surface area contributed by atoms with Crippen molar-refractivity contribution in [2.24, 2.45) is 0 Å². The highest BCUT2D eigenvalue weighted by Gasteiger charge is 2.21. The van der Waals surface area contributed by atoms with Crippen LogP contribution < -0.4 is 10.0 Å². The first kappa shape index (κ1) is 19.4. The molecule has 3 N–H and O–H groups in total. The number of carbonyl (C=O) groups is 1. The number of carboxylic acid groups (broad SMARTS) is 1. The average molecular weight is 342 g/mol. The third-order valence-corrected chi connectivity index (χ3v) is 4.97. The molecular formula is C16H26N2O4S. The molecule has 0 saturated heterocycles. The van der Waals surface area contributed by atoms with Crippen LogP contribution in [0.5, 0.6) is 0 Å². The van der Waals surface area contributed by atoms with Gasteiger partial charge in [0.05, 0.1) is 11.3 Å². The molecule has 0 bridgehead atoms. The number of carboxylic acids is 1. The van der Waals surface area contributed by atoms with Crippen LogP contribution in [0.4, 0.5) is 5.69 Å². The Morgan fingerprint density at radius 1 is 1.26 bits per heavy atom. The smallest absolute Gasteiger partial charge is 0.335 e. The van der Waals surface area contributed by atoms with Crippen molar-refractivity contribution in [2.45, 2.75) is 57.4 Å². The Balaban J connectivity index is 3.17. The summed E-state index contributed by atoms with van der Waals surface area (Å²) in [6.07, 6.45) is 3.46. The van der Waals surface area contributed by atoms with Crippen LogP contribution in [0.15, 0.2) is 23.1 Å². The van der Waals surface area contributed by atoms with Crippen LogP contribution in [0.2, 0.25) is 0 Å². The van der Waals surface area contributed by atoms with E-state index in [1.54, 1.807) is 0 Å². The molecule has 1 unspecified atom stereocenters. The first-order valence-corrected chi connectivity index (χ1v) is 9.43. The Morgan fingerprint density at radius 2 is 1.96 bits per heavy atom. The number of anilines is 1. The van der Waals surface area contributed by atoms with Gasteiger partial charge < -0.3 is 10.4 Å². The summed E-state index contributed by atoms with van der Waals surface area (Å²) < 4.78 is 27.5. The molecule has 0 aromatic heterocycles. The number of sulfonamides is 1. The van der Waals surface area contributed by atoms with Crippen LogP contribution in [-0.4, -0.2) is 32.1 Å². The summed E-state index contributed by atoms with van der Waals surface area (Å²) >= 11 is 0. The van der Waals surface area contributed by atoms with Crippen molar-refractivity contribution in [3.63, 3.8) is 0 Å². The topological polar surface area (TPSA) is 95.5 Å². The number of hydrogen-bond donors (Lipinski definition) is 3. The number of hydrogen-bond acceptors (Lipinski definition) is 4. The van der Waals surface area contributed by atoms with E-state index in [4.69, 9.17) is 5.11 Å². The molecule has 1 aromatic rings. The van der Waals surface area contributed by atoms with E-state index in [1.807, 2.05) is 13.8 Å². The number of nitrogens with one attached hydrogen (secondary N) is 2. The third-order valence-electron chi connectivity index (χ3n) is 3.46. The molecule has 0 fully saturated rings. The first-order chi connectivity index (χ1) is 10.8. The Morgan fingerprint density at radius 3 is 2.52 bits per heavy atom. The van der Waals surface area contributed by atoms with E-state index in [0.29, 0.717) is 12.2 Å². The second-order valence-corrected chi connectivity index (χ2v) is 7.34. The monoisotopic (exact) mass is 342 g/mol. The molecule has 130 valence electrons. The van der Waals surface area contributed by atoms with Gasteiger partial charge in [0.1, 0.15) is 4.90 Å². The van der Waals surface area contributed by atoms with Crippen molar-refractivity contribution in [1.29, 1.82) is 0 Å². The second kappa shape index (κ2) is 8.88. The van der Waals surface area contributed by atoms with Gasteiger partial charge in [-0.2, -0.15) is 0 Å². The maximum Gasteiger partial charge on any atom is 0.335 e. The number of aromatic carboxylic acids is 1. The van der Waals surface area contributed by atoms with Gasteiger partial charge in [-0.15, -0.1) is 0 Å². The minimum atomic E-state index is -3.76. The van der Waals surface area contributed by atoms with Crippen molar-refractivity contribution < 1.29 is 18.3 Å². The van der Waals surface area contributed by atoms with Gasteiger partial charge >= 0.3 is 5.97 Å². The minimum absolute atomic E-state index is 0.0172. The summed E-state index contributed by atoms with van der Waals surface area (Å²) in [6, 6.07) is 4.23. The molecule has 0 radical (unpaired) electrons. The molecule has 1 rings (SSSR count). The highest BCUT2D eigenvalue weighted by atomic mass is 32.2. The third kappa shape index (κ3) is 5.84. The molecule has 0 heterocycles. The van der Waals surface area contributed by atoms with Crippen LogP contribution in [0.1, 0.15) is 56.8 Å². The van der Waals surface area contributed by atoms with E-state index in [1.165, 1.54) is 18.2 Å². The molecule has 0 aliphatic carbocycles. The van der Waals surface area contributed by atoms with Crippen LogP contribution in [0.25, 0.3) is 0 Å². The van der Waals surface area contributed by atoms with Crippen LogP contribution in [0, 0.1) is 0 Å². The molecule has 0 saturated carbocycles. The molecule has 0 aliphatic heterocycles. The fourth-order valence-electron chi connectivity index (χ4n) is 2.23. The molecule has 7 heteroatoms. The quantitative estimate of drug-likeness (QED) is 0.568. The van der Waals surface area contributed by atoms with Gasteiger partial charge in [-0.3, -0.25) is 0 Å². The lowest BCUT2D eigenvalue weighted by atomic mass is 10.1. The molecule has 1 aromatic carbocycles. The van der Waals surface area contributed by atoms with Crippen LogP contribution >= 0.6 is 0 Å². The van der Waals surface area contributed by atoms with E-state index in [9.17, 15) is 13.2 Å². The van der Waals surface area contributed by atoms with Gasteiger partial charge in [0, 0.05) is 12.6 Å². The fraction of sp³-hybridized carbons (Fsp3) is 0.562. The highest BCUT2D eigenvalue weighted by Crippen LogP contribution is 2.24. The predicted molar refractivity (Wildman–Crippen MR) is 91.5 cm³/mol. The SMILES string of the molecule is CCCCNS(=O)(=O)c1cc(C(=O)O)ccc1NC(C)CCC. The lowest BCUT2D eigenvalue weighted by Crippen LogP contribution is -2.27. The van der Waals surface area contributed by atoms with E-state index >= 15 is 0 Å². The minimum Gasteiger partial charge on any atom is -0.478 e. The fourth-order valence-corrected chi connectivity index (χ4v) is 3.50. The molecule has 23 heavy (non-hydrogen) atoms. The second-order valence-electron chi connectivity index (χ2n) is 5.60. The van der Waals surface area contributed by atoms with Crippen molar-refractivity contribution >= 4 is 21.7 Å².